The van der Waals surface area contributed by atoms with Crippen molar-refractivity contribution in [3.8, 4) is 0 Å². The number of nitrogens with zero attached hydrogens (tertiary/aromatic N) is 4. The number of aromatic nitrogens is 2. The zero-order valence-corrected chi connectivity index (χ0v) is 16.1. The lowest BCUT2D eigenvalue weighted by molar-refractivity contribution is -0.122. The molecule has 6 nitrogen and oxygen atoms in total. The molecule has 0 fully saturated rings. The molecule has 2 heterocycles. The van der Waals surface area contributed by atoms with Gasteiger partial charge in [-0.05, 0) is 44.9 Å². The topological polar surface area (TPSA) is 66.4 Å². The lowest BCUT2D eigenvalue weighted by Gasteiger charge is -2.25. The van der Waals surface area contributed by atoms with E-state index in [2.05, 4.69) is 16.5 Å². The summed E-state index contributed by atoms with van der Waals surface area (Å²) in [6.45, 7) is 11.5. The van der Waals surface area contributed by atoms with Gasteiger partial charge in [0, 0.05) is 17.8 Å². The summed E-state index contributed by atoms with van der Waals surface area (Å²) in [6.07, 6.45) is 4.88. The van der Waals surface area contributed by atoms with Crippen molar-refractivity contribution in [3.05, 3.63) is 48.2 Å². The highest BCUT2D eigenvalue weighted by molar-refractivity contribution is 6.07. The summed E-state index contributed by atoms with van der Waals surface area (Å²) in [5, 5.41) is 0. The van der Waals surface area contributed by atoms with Gasteiger partial charge in [0.25, 0.3) is 0 Å². The predicted molar refractivity (Wildman–Crippen MR) is 107 cm³/mol. The van der Waals surface area contributed by atoms with Crippen LogP contribution in [0.15, 0.2) is 37.0 Å². The number of fused-ring (bicyclic) bond motifs is 1. The molecule has 0 radical (unpaired) electrons. The van der Waals surface area contributed by atoms with Crippen LogP contribution >= 0.6 is 0 Å². The molecular weight excluding hydrogens is 340 g/mol. The Hall–Kier alpha value is -3.02. The van der Waals surface area contributed by atoms with Gasteiger partial charge < -0.3 is 0 Å². The fourth-order valence-electron chi connectivity index (χ4n) is 3.20. The van der Waals surface area contributed by atoms with Crippen molar-refractivity contribution < 1.29 is 9.59 Å². The molecule has 0 N–H and O–H groups in total. The van der Waals surface area contributed by atoms with E-state index in [-0.39, 0.29) is 17.9 Å². The number of benzene rings is 1. The zero-order chi connectivity index (χ0) is 19.8. The molecule has 1 aliphatic rings. The van der Waals surface area contributed by atoms with Crippen LogP contribution in [0.5, 0.6) is 0 Å². The van der Waals surface area contributed by atoms with Gasteiger partial charge in [0.2, 0.25) is 18.3 Å². The standard InChI is InChI=1S/C21H24N4O2/c1-6-14(3)25-18-17(21(4,5)19(25)27)12-22-20(23-18)24(13-26)16-10-8-15(7-2)9-11-16/h7-14H,2,6H2,1,3-5H3/t14-/m0/s1. The number of hydrogen-bond donors (Lipinski definition) is 0. The Morgan fingerprint density at radius 3 is 2.52 bits per heavy atom. The molecule has 6 heteroatoms. The molecule has 1 aromatic carbocycles. The number of amides is 2. The van der Waals surface area contributed by atoms with Gasteiger partial charge in [-0.15, -0.1) is 0 Å². The summed E-state index contributed by atoms with van der Waals surface area (Å²) in [4.78, 5) is 36.8. The number of carbonyl (C=O) groups is 2. The minimum absolute atomic E-state index is 0.00582. The lowest BCUT2D eigenvalue weighted by atomic mass is 9.88. The number of anilines is 3. The van der Waals surface area contributed by atoms with E-state index in [0.29, 0.717) is 17.9 Å². The van der Waals surface area contributed by atoms with Crippen LogP contribution in [-0.2, 0) is 15.0 Å². The van der Waals surface area contributed by atoms with Crippen LogP contribution in [0.4, 0.5) is 17.5 Å². The number of carbonyl (C=O) groups excluding carboxylic acids is 2. The Bertz CT molecular complexity index is 890. The van der Waals surface area contributed by atoms with Gasteiger partial charge in [0.15, 0.2) is 0 Å². The van der Waals surface area contributed by atoms with E-state index in [1.54, 1.807) is 17.2 Å². The van der Waals surface area contributed by atoms with E-state index >= 15 is 0 Å². The maximum absolute atomic E-state index is 12.9. The molecule has 0 aliphatic carbocycles. The van der Waals surface area contributed by atoms with Crippen LogP contribution in [-0.4, -0.2) is 28.3 Å². The van der Waals surface area contributed by atoms with Gasteiger partial charge in [-0.25, -0.2) is 4.98 Å². The summed E-state index contributed by atoms with van der Waals surface area (Å²) in [5.74, 6) is 0.833. The quantitative estimate of drug-likeness (QED) is 0.731. The fourth-order valence-corrected chi connectivity index (χ4v) is 3.20. The summed E-state index contributed by atoms with van der Waals surface area (Å²) in [7, 11) is 0. The minimum atomic E-state index is -0.686. The maximum atomic E-state index is 12.9. The summed E-state index contributed by atoms with van der Waals surface area (Å²) in [5.41, 5.74) is 1.70. The molecule has 0 saturated carbocycles. The summed E-state index contributed by atoms with van der Waals surface area (Å²) < 4.78 is 0. The average molecular weight is 364 g/mol. The first kappa shape index (κ1) is 18.8. The van der Waals surface area contributed by atoms with Gasteiger partial charge in [0.05, 0.1) is 11.1 Å². The smallest absolute Gasteiger partial charge is 0.238 e. The molecule has 0 spiro atoms. The number of hydrogen-bond acceptors (Lipinski definition) is 4. The molecule has 1 aromatic heterocycles. The van der Waals surface area contributed by atoms with E-state index in [4.69, 9.17) is 0 Å². The lowest BCUT2D eigenvalue weighted by Crippen LogP contribution is -2.41. The molecule has 3 rings (SSSR count). The maximum Gasteiger partial charge on any atom is 0.238 e. The van der Waals surface area contributed by atoms with Gasteiger partial charge >= 0.3 is 0 Å². The molecule has 1 aliphatic heterocycles. The molecule has 0 bridgehead atoms. The summed E-state index contributed by atoms with van der Waals surface area (Å²) in [6, 6.07) is 7.36. The molecular formula is C21H24N4O2. The minimum Gasteiger partial charge on any atom is -0.293 e. The van der Waals surface area contributed by atoms with Crippen LogP contribution in [0.1, 0.15) is 45.2 Å². The Morgan fingerprint density at radius 1 is 1.30 bits per heavy atom. The van der Waals surface area contributed by atoms with Crippen molar-refractivity contribution in [1.29, 1.82) is 0 Å². The van der Waals surface area contributed by atoms with E-state index in [1.165, 1.54) is 4.90 Å². The molecule has 2 amide bonds. The van der Waals surface area contributed by atoms with Crippen LogP contribution in [0.3, 0.4) is 0 Å². The third-order valence-electron chi connectivity index (χ3n) is 5.17. The molecule has 27 heavy (non-hydrogen) atoms. The van der Waals surface area contributed by atoms with Crippen LogP contribution in [0, 0.1) is 0 Å². The second-order valence-electron chi connectivity index (χ2n) is 7.24. The molecule has 1 atom stereocenters. The molecule has 2 aromatic rings. The first-order chi connectivity index (χ1) is 12.8. The Kier molecular flexibility index (Phi) is 4.83. The van der Waals surface area contributed by atoms with Crippen molar-refractivity contribution in [2.24, 2.45) is 0 Å². The second-order valence-corrected chi connectivity index (χ2v) is 7.24. The van der Waals surface area contributed by atoms with Crippen molar-refractivity contribution in [3.63, 3.8) is 0 Å². The van der Waals surface area contributed by atoms with Gasteiger partial charge in [0.1, 0.15) is 5.82 Å². The highest BCUT2D eigenvalue weighted by Gasteiger charge is 2.47. The normalized spacial score (nSPS) is 16.0. The first-order valence-corrected chi connectivity index (χ1v) is 9.03. The zero-order valence-electron chi connectivity index (χ0n) is 16.1. The molecule has 140 valence electrons. The first-order valence-electron chi connectivity index (χ1n) is 9.03. The largest absolute Gasteiger partial charge is 0.293 e. The van der Waals surface area contributed by atoms with Crippen molar-refractivity contribution >= 4 is 35.8 Å². The van der Waals surface area contributed by atoms with Gasteiger partial charge in [-0.1, -0.05) is 31.7 Å². The van der Waals surface area contributed by atoms with Crippen LogP contribution in [0.25, 0.3) is 6.08 Å². The van der Waals surface area contributed by atoms with E-state index < -0.39 is 5.41 Å². The van der Waals surface area contributed by atoms with E-state index in [1.807, 2.05) is 52.0 Å². The monoisotopic (exact) mass is 364 g/mol. The van der Waals surface area contributed by atoms with Crippen molar-refractivity contribution in [2.75, 3.05) is 9.80 Å². The highest BCUT2D eigenvalue weighted by atomic mass is 16.2. The van der Waals surface area contributed by atoms with Crippen LogP contribution in [0.2, 0.25) is 0 Å². The third kappa shape index (κ3) is 3.01. The van der Waals surface area contributed by atoms with Crippen molar-refractivity contribution in [2.45, 2.75) is 45.6 Å². The number of rotatable bonds is 6. The predicted octanol–water partition coefficient (Wildman–Crippen LogP) is 3.84. The fraction of sp³-hybridized carbons (Fsp3) is 0.333. The Morgan fingerprint density at radius 2 is 1.96 bits per heavy atom. The van der Waals surface area contributed by atoms with E-state index in [0.717, 1.165) is 17.5 Å². The molecule has 0 unspecified atom stereocenters. The Balaban J connectivity index is 2.08. The second kappa shape index (κ2) is 6.95. The third-order valence-corrected chi connectivity index (χ3v) is 5.17. The Labute approximate surface area is 159 Å². The SMILES string of the molecule is C=Cc1ccc(N(C=O)c2ncc3c(n2)N([C@@H](C)CC)C(=O)C3(C)C)cc1. The van der Waals surface area contributed by atoms with E-state index in [9.17, 15) is 9.59 Å². The van der Waals surface area contributed by atoms with Gasteiger partial charge in [-0.2, -0.15) is 4.98 Å². The summed E-state index contributed by atoms with van der Waals surface area (Å²) >= 11 is 0. The molecule has 0 saturated heterocycles. The highest BCUT2D eigenvalue weighted by Crippen LogP contribution is 2.42. The average Bonchev–Trinajstić information content (AvgIpc) is 2.88. The van der Waals surface area contributed by atoms with Crippen LogP contribution < -0.4 is 9.80 Å². The van der Waals surface area contributed by atoms with Gasteiger partial charge in [-0.3, -0.25) is 19.4 Å². The van der Waals surface area contributed by atoms with Crippen molar-refractivity contribution in [1.82, 2.24) is 9.97 Å².